The Morgan fingerprint density at radius 3 is 1.96 bits per heavy atom. The second-order valence-electron chi connectivity index (χ2n) is 14.1. The molecule has 0 saturated carbocycles. The van der Waals surface area contributed by atoms with E-state index in [1.807, 2.05) is 23.7 Å². The number of rotatable bonds is 6. The first-order chi connectivity index (χ1) is 25.5. The standard InChI is InChI=1S/C48H35N3S/c1-48(2)42-16-10-9-15-39(42)40-23-22-38(30-43(40)48)50(37-25-27-49-28-26-37)36-20-17-33(18-21-36)46-31-45-47(52-46)41-29-34(32-11-5-3-6-12-32)19-24-44(41)51(45)35-13-7-4-8-14-35/h3-31H,1-2H3. The van der Waals surface area contributed by atoms with Gasteiger partial charge in [0.15, 0.2) is 0 Å². The number of para-hydroxylation sites is 1. The van der Waals surface area contributed by atoms with Gasteiger partial charge >= 0.3 is 0 Å². The quantitative estimate of drug-likeness (QED) is 0.174. The summed E-state index contributed by atoms with van der Waals surface area (Å²) in [5.41, 5.74) is 15.9. The maximum atomic E-state index is 4.34. The summed E-state index contributed by atoms with van der Waals surface area (Å²) < 4.78 is 3.71. The lowest BCUT2D eigenvalue weighted by Gasteiger charge is -2.28. The van der Waals surface area contributed by atoms with Crippen LogP contribution in [-0.4, -0.2) is 9.55 Å². The molecule has 248 valence electrons. The van der Waals surface area contributed by atoms with Crippen molar-refractivity contribution in [2.45, 2.75) is 19.3 Å². The molecule has 0 radical (unpaired) electrons. The number of nitrogens with zero attached hydrogens (tertiary/aromatic N) is 3. The first-order valence-corrected chi connectivity index (χ1v) is 18.6. The number of benzene rings is 6. The largest absolute Gasteiger partial charge is 0.310 e. The van der Waals surface area contributed by atoms with Gasteiger partial charge in [0.05, 0.1) is 15.7 Å². The van der Waals surface area contributed by atoms with Crippen LogP contribution in [0.4, 0.5) is 17.1 Å². The molecule has 0 aliphatic heterocycles. The molecule has 0 saturated heterocycles. The molecular formula is C48H35N3S. The predicted molar refractivity (Wildman–Crippen MR) is 220 cm³/mol. The fourth-order valence-corrected chi connectivity index (χ4v) is 9.31. The van der Waals surface area contributed by atoms with Crippen LogP contribution in [0.1, 0.15) is 25.0 Å². The maximum absolute atomic E-state index is 4.34. The third kappa shape index (κ3) is 4.83. The van der Waals surface area contributed by atoms with Crippen LogP contribution in [0.2, 0.25) is 0 Å². The van der Waals surface area contributed by atoms with E-state index < -0.39 is 0 Å². The summed E-state index contributed by atoms with van der Waals surface area (Å²) in [6, 6.07) is 59.6. The van der Waals surface area contributed by atoms with Crippen molar-refractivity contribution in [3.63, 3.8) is 0 Å². The van der Waals surface area contributed by atoms with Gasteiger partial charge in [-0.1, -0.05) is 111 Å². The Bertz CT molecular complexity index is 2740. The van der Waals surface area contributed by atoms with Gasteiger partial charge in [-0.3, -0.25) is 4.98 Å². The van der Waals surface area contributed by atoms with Gasteiger partial charge in [0, 0.05) is 50.8 Å². The molecule has 0 unspecified atom stereocenters. The summed E-state index contributed by atoms with van der Waals surface area (Å²) in [4.78, 5) is 7.93. The first-order valence-electron chi connectivity index (χ1n) is 17.8. The van der Waals surface area contributed by atoms with Crippen molar-refractivity contribution in [1.29, 1.82) is 0 Å². The minimum absolute atomic E-state index is 0.0800. The molecule has 0 spiro atoms. The van der Waals surface area contributed by atoms with Crippen molar-refractivity contribution in [2.24, 2.45) is 0 Å². The molecule has 3 heterocycles. The van der Waals surface area contributed by atoms with Gasteiger partial charge in [-0.05, 0) is 106 Å². The van der Waals surface area contributed by atoms with Crippen molar-refractivity contribution >= 4 is 49.5 Å². The van der Waals surface area contributed by atoms with E-state index in [1.54, 1.807) is 0 Å². The topological polar surface area (TPSA) is 21.1 Å². The van der Waals surface area contributed by atoms with Gasteiger partial charge in [-0.25, -0.2) is 0 Å². The molecule has 0 amide bonds. The molecule has 0 bridgehead atoms. The van der Waals surface area contributed by atoms with Gasteiger partial charge in [-0.15, -0.1) is 11.3 Å². The number of pyridine rings is 1. The monoisotopic (exact) mass is 685 g/mol. The van der Waals surface area contributed by atoms with E-state index in [9.17, 15) is 0 Å². The molecule has 3 aromatic heterocycles. The first kappa shape index (κ1) is 30.6. The summed E-state index contributed by atoms with van der Waals surface area (Å²) in [6.45, 7) is 4.68. The van der Waals surface area contributed by atoms with Crippen LogP contribution in [-0.2, 0) is 5.41 Å². The number of hydrogen-bond donors (Lipinski definition) is 0. The normalized spacial score (nSPS) is 13.0. The molecule has 1 aliphatic rings. The van der Waals surface area contributed by atoms with Crippen LogP contribution < -0.4 is 4.90 Å². The smallest absolute Gasteiger partial charge is 0.0655 e. The van der Waals surface area contributed by atoms with Crippen LogP contribution in [0.5, 0.6) is 0 Å². The minimum Gasteiger partial charge on any atom is -0.310 e. The summed E-state index contributed by atoms with van der Waals surface area (Å²) in [7, 11) is 0. The Morgan fingerprint density at radius 2 is 1.17 bits per heavy atom. The highest BCUT2D eigenvalue weighted by Gasteiger charge is 2.35. The average molecular weight is 686 g/mol. The number of thiophene rings is 1. The number of hydrogen-bond acceptors (Lipinski definition) is 3. The van der Waals surface area contributed by atoms with Crippen LogP contribution >= 0.6 is 11.3 Å². The highest BCUT2D eigenvalue weighted by Crippen LogP contribution is 2.51. The highest BCUT2D eigenvalue weighted by molar-refractivity contribution is 7.23. The van der Waals surface area contributed by atoms with E-state index in [-0.39, 0.29) is 5.41 Å². The number of fused-ring (bicyclic) bond motifs is 6. The molecule has 9 aromatic rings. The molecular weight excluding hydrogens is 651 g/mol. The minimum atomic E-state index is -0.0800. The maximum Gasteiger partial charge on any atom is 0.0655 e. The Hall–Kier alpha value is -6.23. The second kappa shape index (κ2) is 11.9. The zero-order chi connectivity index (χ0) is 34.8. The zero-order valence-electron chi connectivity index (χ0n) is 29.0. The Morgan fingerprint density at radius 1 is 0.519 bits per heavy atom. The van der Waals surface area contributed by atoms with Crippen LogP contribution in [0, 0.1) is 0 Å². The summed E-state index contributed by atoms with van der Waals surface area (Å²) in [6.07, 6.45) is 3.74. The third-order valence-corrected chi connectivity index (χ3v) is 11.9. The lowest BCUT2D eigenvalue weighted by Crippen LogP contribution is -2.16. The average Bonchev–Trinajstić information content (AvgIpc) is 3.83. The lowest BCUT2D eigenvalue weighted by molar-refractivity contribution is 0.660. The fraction of sp³-hybridized carbons (Fsp3) is 0.0625. The second-order valence-corrected chi connectivity index (χ2v) is 15.1. The summed E-state index contributed by atoms with van der Waals surface area (Å²) in [5.74, 6) is 0. The van der Waals surface area contributed by atoms with Crippen molar-refractivity contribution in [1.82, 2.24) is 9.55 Å². The Labute approximate surface area is 307 Å². The molecule has 0 fully saturated rings. The Balaban J connectivity index is 1.08. The van der Waals surface area contributed by atoms with Crippen LogP contribution in [0.3, 0.4) is 0 Å². The molecule has 1 aliphatic carbocycles. The van der Waals surface area contributed by atoms with Crippen molar-refractivity contribution < 1.29 is 0 Å². The SMILES string of the molecule is CC1(C)c2ccccc2-c2ccc(N(c3ccncc3)c3ccc(-c4cc5c(s4)c4cc(-c6ccccc6)ccc4n5-c4ccccc4)cc3)cc21. The number of aromatic nitrogens is 2. The molecule has 52 heavy (non-hydrogen) atoms. The lowest BCUT2D eigenvalue weighted by atomic mass is 9.82. The molecule has 10 rings (SSSR count). The van der Waals surface area contributed by atoms with E-state index in [0.717, 1.165) is 17.1 Å². The van der Waals surface area contributed by atoms with Crippen LogP contribution in [0.15, 0.2) is 176 Å². The van der Waals surface area contributed by atoms with E-state index >= 15 is 0 Å². The van der Waals surface area contributed by atoms with Crippen molar-refractivity contribution in [3.8, 4) is 38.4 Å². The van der Waals surface area contributed by atoms with Crippen molar-refractivity contribution in [3.05, 3.63) is 187 Å². The molecule has 3 nitrogen and oxygen atoms in total. The molecule has 0 atom stereocenters. The third-order valence-electron chi connectivity index (χ3n) is 10.7. The van der Waals surface area contributed by atoms with Gasteiger partial charge in [0.25, 0.3) is 0 Å². The van der Waals surface area contributed by atoms with Gasteiger partial charge < -0.3 is 9.47 Å². The van der Waals surface area contributed by atoms with E-state index in [4.69, 9.17) is 0 Å². The fourth-order valence-electron chi connectivity index (χ4n) is 8.14. The van der Waals surface area contributed by atoms with Gasteiger partial charge in [-0.2, -0.15) is 0 Å². The number of anilines is 3. The molecule has 4 heteroatoms. The zero-order valence-corrected chi connectivity index (χ0v) is 29.8. The van der Waals surface area contributed by atoms with E-state index in [2.05, 4.69) is 192 Å². The highest BCUT2D eigenvalue weighted by atomic mass is 32.1. The summed E-state index contributed by atoms with van der Waals surface area (Å²) in [5, 5.41) is 1.28. The molecule has 0 N–H and O–H groups in total. The van der Waals surface area contributed by atoms with Crippen molar-refractivity contribution in [2.75, 3.05) is 4.90 Å². The van der Waals surface area contributed by atoms with Gasteiger partial charge in [0.1, 0.15) is 0 Å². The summed E-state index contributed by atoms with van der Waals surface area (Å²) >= 11 is 1.87. The van der Waals surface area contributed by atoms with E-state index in [1.165, 1.54) is 70.6 Å². The Kier molecular flexibility index (Phi) is 7.02. The predicted octanol–water partition coefficient (Wildman–Crippen LogP) is 13.4. The van der Waals surface area contributed by atoms with E-state index in [0.29, 0.717) is 0 Å². The van der Waals surface area contributed by atoms with Gasteiger partial charge in [0.2, 0.25) is 0 Å². The van der Waals surface area contributed by atoms with Crippen LogP contribution in [0.25, 0.3) is 59.5 Å². The molecule has 6 aromatic carbocycles.